The molecule has 1 N–H and O–H groups in total. The van der Waals surface area contributed by atoms with Gasteiger partial charge < -0.3 is 24.6 Å². The highest BCUT2D eigenvalue weighted by molar-refractivity contribution is 5.86. The predicted molar refractivity (Wildman–Crippen MR) is 116 cm³/mol. The number of methoxy groups -OCH3 is 1. The first-order valence-electron chi connectivity index (χ1n) is 10.6. The van der Waals surface area contributed by atoms with Crippen LogP contribution in [0.1, 0.15) is 31.7 Å². The van der Waals surface area contributed by atoms with Gasteiger partial charge in [-0.25, -0.2) is 0 Å². The summed E-state index contributed by atoms with van der Waals surface area (Å²) in [5.41, 5.74) is 1.14. The number of likely N-dealkylation sites (N-methyl/N-ethyl adjacent to an activating group) is 1. The quantitative estimate of drug-likeness (QED) is 0.368. The first-order chi connectivity index (χ1) is 14.2. The zero-order chi connectivity index (χ0) is 20.9. The summed E-state index contributed by atoms with van der Waals surface area (Å²) in [5.74, 6) is 0.862. The third-order valence-electron chi connectivity index (χ3n) is 5.15. The lowest BCUT2D eigenvalue weighted by Gasteiger charge is -2.34. The van der Waals surface area contributed by atoms with E-state index in [1.807, 2.05) is 42.2 Å². The molecule has 2 rings (SSSR count). The Labute approximate surface area is 175 Å². The zero-order valence-electron chi connectivity index (χ0n) is 18.1. The largest absolute Gasteiger partial charge is 0.385 e. The van der Waals surface area contributed by atoms with Crippen LogP contribution in [0.25, 0.3) is 0 Å². The molecular formula is C22H36N4O3. The molecule has 0 radical (unpaired) electrons. The van der Waals surface area contributed by atoms with E-state index >= 15 is 0 Å². The van der Waals surface area contributed by atoms with Crippen molar-refractivity contribution in [1.29, 1.82) is 0 Å². The van der Waals surface area contributed by atoms with Crippen molar-refractivity contribution in [3.63, 3.8) is 0 Å². The van der Waals surface area contributed by atoms with Crippen LogP contribution in [0, 0.1) is 0 Å². The topological polar surface area (TPSA) is 66.4 Å². The van der Waals surface area contributed by atoms with Crippen molar-refractivity contribution in [2.24, 2.45) is 4.99 Å². The van der Waals surface area contributed by atoms with E-state index in [1.165, 1.54) is 0 Å². The maximum absolute atomic E-state index is 12.7. The minimum absolute atomic E-state index is 0.0777. The van der Waals surface area contributed by atoms with Crippen LogP contribution in [0.2, 0.25) is 0 Å². The Hall–Kier alpha value is -2.12. The van der Waals surface area contributed by atoms with Crippen molar-refractivity contribution in [1.82, 2.24) is 15.1 Å². The minimum atomic E-state index is 0.0777. The van der Waals surface area contributed by atoms with E-state index in [9.17, 15) is 4.79 Å². The third-order valence-corrected chi connectivity index (χ3v) is 5.15. The van der Waals surface area contributed by atoms with E-state index in [0.717, 1.165) is 57.1 Å². The summed E-state index contributed by atoms with van der Waals surface area (Å²) in [6.07, 6.45) is 3.16. The van der Waals surface area contributed by atoms with Gasteiger partial charge in [-0.2, -0.15) is 0 Å². The Balaban J connectivity index is 1.74. The van der Waals surface area contributed by atoms with Crippen molar-refractivity contribution in [2.45, 2.75) is 38.8 Å². The molecule has 29 heavy (non-hydrogen) atoms. The molecule has 0 unspecified atom stereocenters. The average molecular weight is 405 g/mol. The van der Waals surface area contributed by atoms with Gasteiger partial charge in [-0.15, -0.1) is 0 Å². The summed E-state index contributed by atoms with van der Waals surface area (Å²) < 4.78 is 11.0. The fraction of sp³-hybridized carbons (Fsp3) is 0.636. The predicted octanol–water partition coefficient (Wildman–Crippen LogP) is 2.13. The summed E-state index contributed by atoms with van der Waals surface area (Å²) in [6, 6.07) is 10.1. The number of amides is 1. The molecule has 1 aromatic carbocycles. The lowest BCUT2D eigenvalue weighted by Crippen LogP contribution is -2.49. The molecule has 7 nitrogen and oxygen atoms in total. The van der Waals surface area contributed by atoms with E-state index in [4.69, 9.17) is 9.47 Å². The number of carbonyl (C=O) groups excluding carboxylic acids is 1. The second kappa shape index (κ2) is 13.2. The maximum Gasteiger partial charge on any atom is 0.242 e. The summed E-state index contributed by atoms with van der Waals surface area (Å²) in [5, 5.41) is 3.24. The van der Waals surface area contributed by atoms with Crippen LogP contribution in [-0.4, -0.2) is 81.3 Å². The van der Waals surface area contributed by atoms with Gasteiger partial charge in [0.2, 0.25) is 5.91 Å². The van der Waals surface area contributed by atoms with Gasteiger partial charge in [0.15, 0.2) is 5.96 Å². The molecule has 1 aliphatic rings. The normalized spacial score (nSPS) is 15.4. The number of hydrogen-bond donors (Lipinski definition) is 1. The number of benzene rings is 1. The van der Waals surface area contributed by atoms with Gasteiger partial charge in [-0.3, -0.25) is 9.79 Å². The van der Waals surface area contributed by atoms with Gasteiger partial charge in [-0.1, -0.05) is 30.3 Å². The summed E-state index contributed by atoms with van der Waals surface area (Å²) >= 11 is 0. The molecule has 1 heterocycles. The summed E-state index contributed by atoms with van der Waals surface area (Å²) in [7, 11) is 3.48. The van der Waals surface area contributed by atoms with Gasteiger partial charge in [0.1, 0.15) is 0 Å². The third kappa shape index (κ3) is 8.03. The number of nitrogens with one attached hydrogen (secondary N) is 1. The van der Waals surface area contributed by atoms with Crippen molar-refractivity contribution in [3.8, 4) is 0 Å². The van der Waals surface area contributed by atoms with Crippen LogP contribution in [0.4, 0.5) is 0 Å². The molecule has 0 bridgehead atoms. The Kier molecular flexibility index (Phi) is 10.5. The monoisotopic (exact) mass is 404 g/mol. The van der Waals surface area contributed by atoms with Gasteiger partial charge in [-0.05, 0) is 31.7 Å². The van der Waals surface area contributed by atoms with Crippen LogP contribution in [0.15, 0.2) is 35.3 Å². The van der Waals surface area contributed by atoms with E-state index in [0.29, 0.717) is 19.2 Å². The van der Waals surface area contributed by atoms with Gasteiger partial charge in [0, 0.05) is 53.6 Å². The molecule has 1 aliphatic heterocycles. The smallest absolute Gasteiger partial charge is 0.242 e. The van der Waals surface area contributed by atoms with Gasteiger partial charge in [0.25, 0.3) is 0 Å². The molecule has 0 saturated carbocycles. The second-order valence-electron chi connectivity index (χ2n) is 7.20. The highest BCUT2D eigenvalue weighted by Gasteiger charge is 2.22. The molecule has 1 fully saturated rings. The van der Waals surface area contributed by atoms with Crippen LogP contribution >= 0.6 is 0 Å². The first kappa shape index (κ1) is 23.2. The molecule has 1 amide bonds. The number of guanidine groups is 1. The van der Waals surface area contributed by atoms with Gasteiger partial charge >= 0.3 is 0 Å². The fourth-order valence-corrected chi connectivity index (χ4v) is 3.47. The number of likely N-dealkylation sites (tertiary alicyclic amines) is 1. The van der Waals surface area contributed by atoms with Crippen molar-refractivity contribution in [2.75, 3.05) is 53.6 Å². The van der Waals surface area contributed by atoms with Crippen molar-refractivity contribution >= 4 is 11.9 Å². The molecule has 0 aromatic heterocycles. The standard InChI is InChI=1S/C22H36N4O3/c1-4-25(18-19-9-6-5-7-10-19)21(27)17-24-22(23-2)26-13-11-20(12-14-26)29-16-8-15-28-3/h5-7,9-10,20H,4,8,11-18H2,1-3H3,(H,23,24). The average Bonchev–Trinajstić information content (AvgIpc) is 2.77. The van der Waals surface area contributed by atoms with E-state index < -0.39 is 0 Å². The second-order valence-corrected chi connectivity index (χ2v) is 7.20. The maximum atomic E-state index is 12.7. The van der Waals surface area contributed by atoms with Crippen molar-refractivity contribution < 1.29 is 14.3 Å². The molecule has 0 spiro atoms. The number of ether oxygens (including phenoxy) is 2. The Morgan fingerprint density at radius 1 is 1.24 bits per heavy atom. The first-order valence-corrected chi connectivity index (χ1v) is 10.6. The van der Waals surface area contributed by atoms with E-state index in [-0.39, 0.29) is 12.5 Å². The number of hydrogen-bond acceptors (Lipinski definition) is 4. The number of aliphatic imine (C=N–C) groups is 1. The highest BCUT2D eigenvalue weighted by Crippen LogP contribution is 2.14. The van der Waals surface area contributed by atoms with Gasteiger partial charge in [0.05, 0.1) is 12.6 Å². The Bertz CT molecular complexity index is 616. The lowest BCUT2D eigenvalue weighted by atomic mass is 10.1. The molecule has 0 atom stereocenters. The van der Waals surface area contributed by atoms with E-state index in [1.54, 1.807) is 14.2 Å². The van der Waals surface area contributed by atoms with Crippen LogP contribution in [0.5, 0.6) is 0 Å². The highest BCUT2D eigenvalue weighted by atomic mass is 16.5. The van der Waals surface area contributed by atoms with Crippen LogP contribution in [-0.2, 0) is 20.8 Å². The van der Waals surface area contributed by atoms with E-state index in [2.05, 4.69) is 15.2 Å². The lowest BCUT2D eigenvalue weighted by molar-refractivity contribution is -0.130. The molecule has 162 valence electrons. The number of nitrogens with zero attached hydrogens (tertiary/aromatic N) is 3. The number of piperidine rings is 1. The van der Waals surface area contributed by atoms with Crippen molar-refractivity contribution in [3.05, 3.63) is 35.9 Å². The number of carbonyl (C=O) groups is 1. The van der Waals surface area contributed by atoms with Crippen LogP contribution < -0.4 is 5.32 Å². The summed E-state index contributed by atoms with van der Waals surface area (Å²) in [6.45, 7) is 6.81. The molecule has 1 aromatic rings. The summed E-state index contributed by atoms with van der Waals surface area (Å²) in [4.78, 5) is 21.1. The zero-order valence-corrected chi connectivity index (χ0v) is 18.1. The van der Waals surface area contributed by atoms with Crippen LogP contribution in [0.3, 0.4) is 0 Å². The fourth-order valence-electron chi connectivity index (χ4n) is 3.47. The molecule has 0 aliphatic carbocycles. The SMILES string of the molecule is CCN(Cc1ccccc1)C(=O)CNC(=NC)N1CCC(OCCCOC)CC1. The minimum Gasteiger partial charge on any atom is -0.385 e. The molecular weight excluding hydrogens is 368 g/mol. The molecule has 7 heteroatoms. The molecule has 1 saturated heterocycles. The number of rotatable bonds is 10. The Morgan fingerprint density at radius 2 is 1.97 bits per heavy atom. The Morgan fingerprint density at radius 3 is 2.59 bits per heavy atom.